The number of likely N-dealkylation sites (tertiary alicyclic amines) is 1. The molecule has 180 valence electrons. The first-order valence-electron chi connectivity index (χ1n) is 12.7. The van der Waals surface area contributed by atoms with Crippen molar-refractivity contribution in [1.82, 2.24) is 14.8 Å². The van der Waals surface area contributed by atoms with Gasteiger partial charge in [-0.2, -0.15) is 0 Å². The first-order chi connectivity index (χ1) is 17.0. The molecule has 0 atom stereocenters. The maximum atomic E-state index is 13.6. The van der Waals surface area contributed by atoms with Gasteiger partial charge in [0.1, 0.15) is 5.69 Å². The summed E-state index contributed by atoms with van der Waals surface area (Å²) in [6, 6.07) is 25.1. The van der Waals surface area contributed by atoms with E-state index in [2.05, 4.69) is 72.3 Å². The summed E-state index contributed by atoms with van der Waals surface area (Å²) in [7, 11) is 1.89. The smallest absolute Gasteiger partial charge is 0.270 e. The summed E-state index contributed by atoms with van der Waals surface area (Å²) in [5.74, 6) is 0.666. The van der Waals surface area contributed by atoms with E-state index < -0.39 is 0 Å². The minimum atomic E-state index is 0.0467. The molecule has 1 saturated heterocycles. The molecular weight excluding hydrogens is 430 g/mol. The van der Waals surface area contributed by atoms with E-state index in [9.17, 15) is 4.79 Å². The molecule has 1 N–H and O–H groups in total. The maximum Gasteiger partial charge on any atom is 0.270 e. The van der Waals surface area contributed by atoms with Crippen molar-refractivity contribution in [2.24, 2.45) is 0 Å². The van der Waals surface area contributed by atoms with Gasteiger partial charge in [0, 0.05) is 36.6 Å². The van der Waals surface area contributed by atoms with Crippen molar-refractivity contribution in [2.45, 2.75) is 45.7 Å². The standard InChI is InChI=1S/C31H35N3O/c1-22-10-9-11-23(2)29(22)25-16-18-34(19-17-25)21-27-26-14-7-8-15-28(26)32-30(27)31(35)33(3)20-24-12-5-4-6-13-24/h4-15,25,32H,16-21H2,1-3H3. The summed E-state index contributed by atoms with van der Waals surface area (Å²) in [4.78, 5) is 21.4. The van der Waals surface area contributed by atoms with Crippen molar-refractivity contribution in [1.29, 1.82) is 0 Å². The van der Waals surface area contributed by atoms with Gasteiger partial charge in [0.05, 0.1) is 0 Å². The molecule has 0 unspecified atom stereocenters. The Morgan fingerprint density at radius 2 is 1.57 bits per heavy atom. The summed E-state index contributed by atoms with van der Waals surface area (Å²) in [6.45, 7) is 7.96. The Labute approximate surface area is 208 Å². The number of piperidine rings is 1. The Kier molecular flexibility index (Phi) is 6.74. The third-order valence-electron chi connectivity index (χ3n) is 7.56. The van der Waals surface area contributed by atoms with Crippen LogP contribution in [0, 0.1) is 13.8 Å². The number of hydrogen-bond donors (Lipinski definition) is 1. The van der Waals surface area contributed by atoms with Crippen LogP contribution in [-0.4, -0.2) is 40.8 Å². The van der Waals surface area contributed by atoms with E-state index in [-0.39, 0.29) is 5.91 Å². The number of fused-ring (bicyclic) bond motifs is 1. The number of carbonyl (C=O) groups excluding carboxylic acids is 1. The summed E-state index contributed by atoms with van der Waals surface area (Å²) in [5, 5.41) is 1.15. The van der Waals surface area contributed by atoms with Crippen LogP contribution in [-0.2, 0) is 13.1 Å². The highest BCUT2D eigenvalue weighted by molar-refractivity contribution is 6.01. The Morgan fingerprint density at radius 3 is 2.29 bits per heavy atom. The summed E-state index contributed by atoms with van der Waals surface area (Å²) in [5.41, 5.74) is 8.37. The quantitative estimate of drug-likeness (QED) is 0.356. The normalized spacial score (nSPS) is 14.9. The van der Waals surface area contributed by atoms with E-state index in [1.54, 1.807) is 0 Å². The number of amides is 1. The Morgan fingerprint density at radius 1 is 0.914 bits per heavy atom. The highest BCUT2D eigenvalue weighted by Gasteiger charge is 2.26. The number of aryl methyl sites for hydroxylation is 2. The fourth-order valence-electron chi connectivity index (χ4n) is 5.74. The van der Waals surface area contributed by atoms with Gasteiger partial charge < -0.3 is 9.88 Å². The average Bonchev–Trinajstić information content (AvgIpc) is 3.23. The summed E-state index contributed by atoms with van der Waals surface area (Å²) >= 11 is 0. The minimum absolute atomic E-state index is 0.0467. The Balaban J connectivity index is 1.35. The summed E-state index contributed by atoms with van der Waals surface area (Å²) in [6.07, 6.45) is 2.32. The predicted molar refractivity (Wildman–Crippen MR) is 144 cm³/mol. The lowest BCUT2D eigenvalue weighted by Crippen LogP contribution is -2.34. The van der Waals surface area contributed by atoms with E-state index in [0.29, 0.717) is 12.5 Å². The molecule has 0 saturated carbocycles. The molecule has 0 aliphatic carbocycles. The first-order valence-corrected chi connectivity index (χ1v) is 12.7. The van der Waals surface area contributed by atoms with Crippen molar-refractivity contribution >= 4 is 16.8 Å². The molecule has 4 heteroatoms. The third-order valence-corrected chi connectivity index (χ3v) is 7.56. The number of carbonyl (C=O) groups is 1. The van der Waals surface area contributed by atoms with Crippen molar-refractivity contribution < 1.29 is 4.79 Å². The van der Waals surface area contributed by atoms with Crippen molar-refractivity contribution in [3.05, 3.63) is 106 Å². The number of hydrogen-bond acceptors (Lipinski definition) is 2. The molecule has 3 aromatic carbocycles. The zero-order valence-corrected chi connectivity index (χ0v) is 21.1. The van der Waals surface area contributed by atoms with E-state index in [1.807, 2.05) is 36.2 Å². The molecule has 2 heterocycles. The molecular formula is C31H35N3O. The van der Waals surface area contributed by atoms with Gasteiger partial charge in [0.25, 0.3) is 5.91 Å². The van der Waals surface area contributed by atoms with Crippen LogP contribution in [0.1, 0.15) is 57.1 Å². The largest absolute Gasteiger partial charge is 0.350 e. The topological polar surface area (TPSA) is 39.3 Å². The van der Waals surface area contributed by atoms with Crippen LogP contribution in [0.4, 0.5) is 0 Å². The number of aromatic nitrogens is 1. The first kappa shape index (κ1) is 23.4. The van der Waals surface area contributed by atoms with E-state index in [0.717, 1.165) is 60.2 Å². The highest BCUT2D eigenvalue weighted by Crippen LogP contribution is 2.34. The number of nitrogens with one attached hydrogen (secondary N) is 1. The monoisotopic (exact) mass is 465 g/mol. The second-order valence-corrected chi connectivity index (χ2v) is 10.0. The van der Waals surface area contributed by atoms with Gasteiger partial charge in [-0.15, -0.1) is 0 Å². The molecule has 0 spiro atoms. The van der Waals surface area contributed by atoms with Crippen LogP contribution in [0.15, 0.2) is 72.8 Å². The van der Waals surface area contributed by atoms with Gasteiger partial charge in [-0.3, -0.25) is 9.69 Å². The second kappa shape index (κ2) is 10.1. The molecule has 1 fully saturated rings. The number of para-hydroxylation sites is 1. The van der Waals surface area contributed by atoms with Gasteiger partial charge in [0.2, 0.25) is 0 Å². The lowest BCUT2D eigenvalue weighted by molar-refractivity contribution is 0.0777. The van der Waals surface area contributed by atoms with E-state index >= 15 is 0 Å². The fourth-order valence-corrected chi connectivity index (χ4v) is 5.74. The maximum absolute atomic E-state index is 13.6. The predicted octanol–water partition coefficient (Wildman–Crippen LogP) is 6.44. The van der Waals surface area contributed by atoms with Gasteiger partial charge in [-0.05, 0) is 74.0 Å². The molecule has 4 aromatic rings. The van der Waals surface area contributed by atoms with Crippen molar-refractivity contribution in [2.75, 3.05) is 20.1 Å². The average molecular weight is 466 g/mol. The molecule has 35 heavy (non-hydrogen) atoms. The molecule has 5 rings (SSSR count). The molecule has 0 bridgehead atoms. The van der Waals surface area contributed by atoms with Crippen LogP contribution in [0.3, 0.4) is 0 Å². The highest BCUT2D eigenvalue weighted by atomic mass is 16.2. The number of nitrogens with zero attached hydrogens (tertiary/aromatic N) is 2. The molecule has 1 aliphatic rings. The van der Waals surface area contributed by atoms with Gasteiger partial charge in [0.15, 0.2) is 0 Å². The van der Waals surface area contributed by atoms with Crippen molar-refractivity contribution in [3.8, 4) is 0 Å². The van der Waals surface area contributed by atoms with E-state index in [4.69, 9.17) is 0 Å². The number of benzene rings is 3. The van der Waals surface area contributed by atoms with Crippen LogP contribution >= 0.6 is 0 Å². The van der Waals surface area contributed by atoms with Crippen LogP contribution < -0.4 is 0 Å². The molecule has 1 amide bonds. The van der Waals surface area contributed by atoms with Crippen LogP contribution in [0.5, 0.6) is 0 Å². The zero-order valence-electron chi connectivity index (χ0n) is 21.1. The number of H-pyrrole nitrogens is 1. The summed E-state index contributed by atoms with van der Waals surface area (Å²) < 4.78 is 0. The second-order valence-electron chi connectivity index (χ2n) is 10.0. The Bertz CT molecular complexity index is 1300. The van der Waals surface area contributed by atoms with Gasteiger partial charge in [-0.1, -0.05) is 66.7 Å². The number of aromatic amines is 1. The van der Waals surface area contributed by atoms with Gasteiger partial charge >= 0.3 is 0 Å². The molecule has 1 aromatic heterocycles. The lowest BCUT2D eigenvalue weighted by Gasteiger charge is -2.33. The van der Waals surface area contributed by atoms with Gasteiger partial charge in [-0.25, -0.2) is 0 Å². The number of rotatable bonds is 6. The molecule has 4 nitrogen and oxygen atoms in total. The zero-order chi connectivity index (χ0) is 24.4. The minimum Gasteiger partial charge on any atom is -0.350 e. The van der Waals surface area contributed by atoms with Crippen molar-refractivity contribution in [3.63, 3.8) is 0 Å². The van der Waals surface area contributed by atoms with Crippen LogP contribution in [0.25, 0.3) is 10.9 Å². The molecule has 1 aliphatic heterocycles. The molecule has 0 radical (unpaired) electrons. The Hall–Kier alpha value is -3.37. The van der Waals surface area contributed by atoms with E-state index in [1.165, 1.54) is 16.7 Å². The SMILES string of the molecule is Cc1cccc(C)c1C1CCN(Cc2c(C(=O)N(C)Cc3ccccc3)[nH]c3ccccc23)CC1. The lowest BCUT2D eigenvalue weighted by atomic mass is 9.84. The van der Waals surface area contributed by atoms with Crippen LogP contribution in [0.2, 0.25) is 0 Å². The third kappa shape index (κ3) is 4.89. The fraction of sp³-hybridized carbons (Fsp3) is 0.323.